The number of aromatic nitrogens is 2. The molecule has 2 amide bonds. The summed E-state index contributed by atoms with van der Waals surface area (Å²) >= 11 is 0. The number of carbonyl (C=O) groups excluding carboxylic acids is 2. The van der Waals surface area contributed by atoms with E-state index in [2.05, 4.69) is 27.6 Å². The first-order valence-electron chi connectivity index (χ1n) is 12.5. The van der Waals surface area contributed by atoms with Crippen molar-refractivity contribution in [3.8, 4) is 0 Å². The molecule has 38 heavy (non-hydrogen) atoms. The first-order chi connectivity index (χ1) is 18.4. The summed E-state index contributed by atoms with van der Waals surface area (Å²) in [7, 11) is 3.17. The Morgan fingerprint density at radius 1 is 0.868 bits per heavy atom. The van der Waals surface area contributed by atoms with E-state index < -0.39 is 18.0 Å². The van der Waals surface area contributed by atoms with Crippen LogP contribution in [0, 0.1) is 0 Å². The second kappa shape index (κ2) is 10.8. The molecule has 0 saturated carbocycles. The fourth-order valence-electron chi connectivity index (χ4n) is 4.68. The molecule has 0 radical (unpaired) electrons. The Labute approximate surface area is 220 Å². The van der Waals surface area contributed by atoms with Crippen molar-refractivity contribution in [3.63, 3.8) is 0 Å². The van der Waals surface area contributed by atoms with Gasteiger partial charge in [-0.05, 0) is 39.1 Å². The minimum Gasteiger partial charge on any atom is -0.352 e. The molecule has 0 bridgehead atoms. The summed E-state index contributed by atoms with van der Waals surface area (Å²) in [6.07, 6.45) is 0.787. The molecule has 0 aliphatic heterocycles. The molecule has 2 unspecified atom stereocenters. The van der Waals surface area contributed by atoms with Crippen LogP contribution < -0.4 is 11.1 Å². The second-order valence-corrected chi connectivity index (χ2v) is 9.38. The Kier molecular flexibility index (Phi) is 7.15. The predicted molar refractivity (Wildman–Crippen MR) is 146 cm³/mol. The molecule has 192 valence electrons. The Bertz CT molecular complexity index is 1610. The third-order valence-corrected chi connectivity index (χ3v) is 6.80. The number of rotatable bonds is 8. The van der Waals surface area contributed by atoms with Crippen molar-refractivity contribution in [2.24, 2.45) is 5.73 Å². The average Bonchev–Trinajstić information content (AvgIpc) is 3.44. The van der Waals surface area contributed by atoms with Crippen molar-refractivity contribution in [1.29, 1.82) is 0 Å². The highest BCUT2D eigenvalue weighted by atomic mass is 16.5. The fraction of sp³-hybridized carbons (Fsp3) is 0.200. The van der Waals surface area contributed by atoms with Crippen LogP contribution in [0.4, 0.5) is 0 Å². The summed E-state index contributed by atoms with van der Waals surface area (Å²) < 4.78 is 5.47. The SMILES string of the molecule is CNC(=O)c1noc(C(Cc2ccc3ccccc3c2)N(C)C(=O)C(N)Cc2ccc3ccccc3c2)n1. The molecule has 0 spiro atoms. The van der Waals surface area contributed by atoms with E-state index in [9.17, 15) is 9.59 Å². The number of benzene rings is 4. The van der Waals surface area contributed by atoms with Crippen LogP contribution in [0.2, 0.25) is 0 Å². The zero-order chi connectivity index (χ0) is 26.6. The highest BCUT2D eigenvalue weighted by Gasteiger charge is 2.31. The van der Waals surface area contributed by atoms with Crippen LogP contribution in [0.5, 0.6) is 0 Å². The van der Waals surface area contributed by atoms with Crippen LogP contribution in [-0.2, 0) is 17.6 Å². The summed E-state index contributed by atoms with van der Waals surface area (Å²) in [5.41, 5.74) is 8.39. The molecule has 8 nitrogen and oxygen atoms in total. The van der Waals surface area contributed by atoms with E-state index in [-0.39, 0.29) is 17.6 Å². The molecule has 1 heterocycles. The van der Waals surface area contributed by atoms with Crippen LogP contribution in [-0.4, -0.2) is 47.0 Å². The molecule has 3 N–H and O–H groups in total. The summed E-state index contributed by atoms with van der Waals surface area (Å²) in [4.78, 5) is 31.5. The minimum absolute atomic E-state index is 0.0904. The molecular formula is C30H29N5O3. The molecule has 5 rings (SSSR count). The largest absolute Gasteiger partial charge is 0.352 e. The van der Waals surface area contributed by atoms with Gasteiger partial charge >= 0.3 is 0 Å². The van der Waals surface area contributed by atoms with Gasteiger partial charge in [-0.25, -0.2) is 0 Å². The average molecular weight is 508 g/mol. The van der Waals surface area contributed by atoms with Gasteiger partial charge < -0.3 is 20.5 Å². The van der Waals surface area contributed by atoms with E-state index in [1.807, 2.05) is 72.8 Å². The molecule has 0 aliphatic rings. The van der Waals surface area contributed by atoms with Crippen molar-refractivity contribution in [2.45, 2.75) is 24.9 Å². The lowest BCUT2D eigenvalue weighted by atomic mass is 9.99. The highest BCUT2D eigenvalue weighted by molar-refractivity contribution is 5.90. The molecular weight excluding hydrogens is 478 g/mol. The van der Waals surface area contributed by atoms with Crippen molar-refractivity contribution >= 4 is 33.4 Å². The maximum absolute atomic E-state index is 13.6. The predicted octanol–water partition coefficient (Wildman–Crippen LogP) is 4.05. The molecule has 0 fully saturated rings. The van der Waals surface area contributed by atoms with E-state index in [0.717, 1.165) is 32.7 Å². The number of amides is 2. The maximum Gasteiger partial charge on any atom is 0.292 e. The molecule has 5 aromatic rings. The van der Waals surface area contributed by atoms with Gasteiger partial charge in [0, 0.05) is 20.5 Å². The zero-order valence-electron chi connectivity index (χ0n) is 21.3. The van der Waals surface area contributed by atoms with Crippen molar-refractivity contribution in [1.82, 2.24) is 20.4 Å². The maximum atomic E-state index is 13.6. The van der Waals surface area contributed by atoms with Crippen molar-refractivity contribution < 1.29 is 14.1 Å². The third kappa shape index (κ3) is 5.26. The molecule has 2 atom stereocenters. The summed E-state index contributed by atoms with van der Waals surface area (Å²) in [6, 6.07) is 27.0. The van der Waals surface area contributed by atoms with Crippen molar-refractivity contribution in [3.05, 3.63) is 108 Å². The zero-order valence-corrected chi connectivity index (χ0v) is 21.3. The van der Waals surface area contributed by atoms with Gasteiger partial charge in [-0.2, -0.15) is 4.98 Å². The standard InChI is InChI=1S/C30H29N5O3/c1-32-28(36)27-33-29(38-34-27)26(18-20-12-14-22-8-4-6-10-24(22)16-20)35(2)30(37)25(31)17-19-11-13-21-7-3-5-9-23(21)15-19/h3-16,25-26H,17-18,31H2,1-2H3,(H,32,36). The fourth-order valence-corrected chi connectivity index (χ4v) is 4.68. The number of carbonyl (C=O) groups is 2. The topological polar surface area (TPSA) is 114 Å². The lowest BCUT2D eigenvalue weighted by molar-refractivity contribution is -0.134. The smallest absolute Gasteiger partial charge is 0.292 e. The quantitative estimate of drug-likeness (QED) is 0.328. The molecule has 8 heteroatoms. The summed E-state index contributed by atoms with van der Waals surface area (Å²) in [5.74, 6) is -0.645. The van der Waals surface area contributed by atoms with Gasteiger partial charge in [0.15, 0.2) is 0 Å². The molecule has 4 aromatic carbocycles. The number of hydrogen-bond acceptors (Lipinski definition) is 6. The normalized spacial score (nSPS) is 12.8. The number of nitrogens with two attached hydrogens (primary N) is 1. The van der Waals surface area contributed by atoms with E-state index in [1.165, 1.54) is 7.05 Å². The first-order valence-corrected chi connectivity index (χ1v) is 12.5. The number of likely N-dealkylation sites (N-methyl/N-ethyl adjacent to an activating group) is 1. The monoisotopic (exact) mass is 507 g/mol. The minimum atomic E-state index is -0.776. The van der Waals surface area contributed by atoms with Gasteiger partial charge in [0.1, 0.15) is 6.04 Å². The van der Waals surface area contributed by atoms with Crippen LogP contribution in [0.3, 0.4) is 0 Å². The van der Waals surface area contributed by atoms with Crippen LogP contribution >= 0.6 is 0 Å². The Morgan fingerprint density at radius 2 is 1.42 bits per heavy atom. The summed E-state index contributed by atoms with van der Waals surface area (Å²) in [5, 5.41) is 10.7. The van der Waals surface area contributed by atoms with Gasteiger partial charge in [-0.1, -0.05) is 90.1 Å². The van der Waals surface area contributed by atoms with Crippen LogP contribution in [0.1, 0.15) is 33.7 Å². The van der Waals surface area contributed by atoms with E-state index in [0.29, 0.717) is 12.8 Å². The Balaban J connectivity index is 1.41. The molecule has 1 aromatic heterocycles. The van der Waals surface area contributed by atoms with Gasteiger partial charge in [-0.3, -0.25) is 9.59 Å². The number of nitrogens with one attached hydrogen (secondary N) is 1. The Hall–Kier alpha value is -4.56. The number of fused-ring (bicyclic) bond motifs is 2. The summed E-state index contributed by atoms with van der Waals surface area (Å²) in [6.45, 7) is 0. The van der Waals surface area contributed by atoms with Gasteiger partial charge in [-0.15, -0.1) is 0 Å². The van der Waals surface area contributed by atoms with Crippen LogP contribution in [0.15, 0.2) is 89.5 Å². The van der Waals surface area contributed by atoms with E-state index in [4.69, 9.17) is 10.3 Å². The number of hydrogen-bond donors (Lipinski definition) is 2. The third-order valence-electron chi connectivity index (χ3n) is 6.80. The number of nitrogens with zero attached hydrogens (tertiary/aromatic N) is 3. The second-order valence-electron chi connectivity index (χ2n) is 9.38. The Morgan fingerprint density at radius 3 is 2.00 bits per heavy atom. The van der Waals surface area contributed by atoms with Gasteiger partial charge in [0.25, 0.3) is 11.7 Å². The molecule has 0 saturated heterocycles. The van der Waals surface area contributed by atoms with Gasteiger partial charge in [0.05, 0.1) is 6.04 Å². The first kappa shape index (κ1) is 25.1. The van der Waals surface area contributed by atoms with Crippen LogP contribution in [0.25, 0.3) is 21.5 Å². The van der Waals surface area contributed by atoms with Gasteiger partial charge in [0.2, 0.25) is 11.8 Å². The lowest BCUT2D eigenvalue weighted by Crippen LogP contribution is -2.45. The highest BCUT2D eigenvalue weighted by Crippen LogP contribution is 2.26. The van der Waals surface area contributed by atoms with E-state index in [1.54, 1.807) is 11.9 Å². The lowest BCUT2D eigenvalue weighted by Gasteiger charge is -2.28. The molecule has 0 aliphatic carbocycles. The van der Waals surface area contributed by atoms with E-state index >= 15 is 0 Å². The van der Waals surface area contributed by atoms with Crippen molar-refractivity contribution in [2.75, 3.05) is 14.1 Å².